The Bertz CT molecular complexity index is 1040. The highest BCUT2D eigenvalue weighted by Crippen LogP contribution is 2.34. The first-order valence-corrected chi connectivity index (χ1v) is 9.79. The summed E-state index contributed by atoms with van der Waals surface area (Å²) < 4.78 is 11.5. The first-order valence-electron chi connectivity index (χ1n) is 9.04. The van der Waals surface area contributed by atoms with Gasteiger partial charge >= 0.3 is 5.97 Å². The molecule has 0 saturated heterocycles. The first-order chi connectivity index (χ1) is 14.3. The van der Waals surface area contributed by atoms with Crippen LogP contribution in [0.1, 0.15) is 50.9 Å². The number of aromatic carboxylic acids is 1. The Morgan fingerprint density at radius 3 is 1.60 bits per heavy atom. The van der Waals surface area contributed by atoms with Crippen LogP contribution in [0, 0.1) is 6.92 Å². The van der Waals surface area contributed by atoms with E-state index in [1.807, 2.05) is 12.1 Å². The van der Waals surface area contributed by atoms with Crippen LogP contribution in [0.5, 0.6) is 0 Å². The Morgan fingerprint density at radius 2 is 1.23 bits per heavy atom. The highest BCUT2D eigenvalue weighted by atomic mass is 35.5. The van der Waals surface area contributed by atoms with Gasteiger partial charge in [-0.2, -0.15) is 0 Å². The second kappa shape index (κ2) is 9.53. The van der Waals surface area contributed by atoms with E-state index in [1.165, 1.54) is 7.11 Å². The van der Waals surface area contributed by atoms with Crippen LogP contribution < -0.4 is 0 Å². The minimum atomic E-state index is -1.17. The minimum Gasteiger partial charge on any atom is -0.476 e. The van der Waals surface area contributed by atoms with Crippen LogP contribution in [0.15, 0.2) is 48.5 Å². The van der Waals surface area contributed by atoms with E-state index < -0.39 is 18.2 Å². The van der Waals surface area contributed by atoms with Gasteiger partial charge in [-0.1, -0.05) is 47.5 Å². The van der Waals surface area contributed by atoms with Crippen molar-refractivity contribution in [3.05, 3.63) is 92.5 Å². The van der Waals surface area contributed by atoms with Crippen molar-refractivity contribution in [3.8, 4) is 0 Å². The van der Waals surface area contributed by atoms with Gasteiger partial charge < -0.3 is 14.6 Å². The molecule has 0 spiro atoms. The summed E-state index contributed by atoms with van der Waals surface area (Å²) in [5, 5.41) is 10.7. The molecular formula is C22H20Cl2N2O4. The molecule has 0 amide bonds. The third-order valence-electron chi connectivity index (χ3n) is 4.64. The standard InChI is InChI=1S/C22H20Cl2N2O4/c1-12-17(22(27)28)26-19(21(30-3)14-6-10-16(24)11-7-14)18(25-12)20(29-2)13-4-8-15(23)9-5-13/h4-11,20-21H,1-3H3,(H,27,28). The molecule has 0 radical (unpaired) electrons. The zero-order chi connectivity index (χ0) is 21.8. The predicted molar refractivity (Wildman–Crippen MR) is 114 cm³/mol. The van der Waals surface area contributed by atoms with Crippen molar-refractivity contribution < 1.29 is 19.4 Å². The van der Waals surface area contributed by atoms with E-state index in [2.05, 4.69) is 9.97 Å². The normalized spacial score (nSPS) is 13.1. The Kier molecular flexibility index (Phi) is 7.05. The number of carbonyl (C=O) groups is 1. The number of benzene rings is 2. The van der Waals surface area contributed by atoms with Gasteiger partial charge in [-0.15, -0.1) is 0 Å². The SMILES string of the molecule is COC(c1ccc(Cl)cc1)c1nc(C)c(C(=O)O)nc1C(OC)c1ccc(Cl)cc1. The van der Waals surface area contributed by atoms with E-state index in [0.717, 1.165) is 11.1 Å². The zero-order valence-corrected chi connectivity index (χ0v) is 18.1. The number of methoxy groups -OCH3 is 2. The fraction of sp³-hybridized carbons (Fsp3) is 0.227. The minimum absolute atomic E-state index is 0.143. The van der Waals surface area contributed by atoms with Gasteiger partial charge in [0.2, 0.25) is 0 Å². The summed E-state index contributed by atoms with van der Waals surface area (Å²) in [5.74, 6) is -1.17. The lowest BCUT2D eigenvalue weighted by Crippen LogP contribution is -2.20. The van der Waals surface area contributed by atoms with E-state index >= 15 is 0 Å². The number of aromatic nitrogens is 2. The van der Waals surface area contributed by atoms with E-state index in [0.29, 0.717) is 21.4 Å². The molecule has 1 aromatic heterocycles. The molecule has 0 fully saturated rings. The average molecular weight is 447 g/mol. The number of halogens is 2. The molecular weight excluding hydrogens is 427 g/mol. The molecule has 0 bridgehead atoms. The topological polar surface area (TPSA) is 81.5 Å². The van der Waals surface area contributed by atoms with Crippen LogP contribution in [-0.2, 0) is 9.47 Å². The van der Waals surface area contributed by atoms with Crippen LogP contribution in [0.4, 0.5) is 0 Å². The van der Waals surface area contributed by atoms with Gasteiger partial charge in [0.15, 0.2) is 5.69 Å². The van der Waals surface area contributed by atoms with Crippen molar-refractivity contribution in [2.75, 3.05) is 14.2 Å². The molecule has 0 saturated carbocycles. The Morgan fingerprint density at radius 1 is 0.833 bits per heavy atom. The lowest BCUT2D eigenvalue weighted by atomic mass is 9.98. The van der Waals surface area contributed by atoms with E-state index in [4.69, 9.17) is 32.7 Å². The van der Waals surface area contributed by atoms with Crippen molar-refractivity contribution >= 4 is 29.2 Å². The van der Waals surface area contributed by atoms with Gasteiger partial charge in [-0.05, 0) is 42.3 Å². The fourth-order valence-corrected chi connectivity index (χ4v) is 3.48. The molecule has 8 heteroatoms. The third kappa shape index (κ3) is 4.63. The molecule has 156 valence electrons. The number of rotatable bonds is 7. The number of carboxylic acids is 1. The smallest absolute Gasteiger partial charge is 0.356 e. The van der Waals surface area contributed by atoms with Crippen LogP contribution in [0.3, 0.4) is 0 Å². The molecule has 1 heterocycles. The molecule has 0 aliphatic carbocycles. The number of hydrogen-bond acceptors (Lipinski definition) is 5. The molecule has 2 atom stereocenters. The van der Waals surface area contributed by atoms with Gasteiger partial charge in [0, 0.05) is 24.3 Å². The van der Waals surface area contributed by atoms with Crippen molar-refractivity contribution in [2.24, 2.45) is 0 Å². The number of ether oxygens (including phenoxy) is 2. The van der Waals surface area contributed by atoms with Crippen molar-refractivity contribution in [3.63, 3.8) is 0 Å². The molecule has 30 heavy (non-hydrogen) atoms. The van der Waals surface area contributed by atoms with Crippen LogP contribution >= 0.6 is 23.2 Å². The van der Waals surface area contributed by atoms with Gasteiger partial charge in [0.1, 0.15) is 12.2 Å². The van der Waals surface area contributed by atoms with E-state index in [1.54, 1.807) is 50.4 Å². The molecule has 3 aromatic rings. The molecule has 0 aliphatic heterocycles. The summed E-state index contributed by atoms with van der Waals surface area (Å²) in [4.78, 5) is 20.7. The monoisotopic (exact) mass is 446 g/mol. The van der Waals surface area contributed by atoms with Gasteiger partial charge in [-0.3, -0.25) is 4.98 Å². The maximum atomic E-state index is 11.7. The number of carboxylic acid groups (broad SMARTS) is 1. The summed E-state index contributed by atoms with van der Waals surface area (Å²) in [6.07, 6.45) is -1.27. The quantitative estimate of drug-likeness (QED) is 0.532. The highest BCUT2D eigenvalue weighted by Gasteiger charge is 2.29. The van der Waals surface area contributed by atoms with Crippen LogP contribution in [0.25, 0.3) is 0 Å². The van der Waals surface area contributed by atoms with E-state index in [9.17, 15) is 9.90 Å². The Labute approximate surface area is 184 Å². The average Bonchev–Trinajstić information content (AvgIpc) is 2.72. The molecule has 1 N–H and O–H groups in total. The molecule has 2 unspecified atom stereocenters. The summed E-state index contributed by atoms with van der Waals surface area (Å²) in [5.41, 5.74) is 2.50. The van der Waals surface area contributed by atoms with Crippen molar-refractivity contribution in [2.45, 2.75) is 19.1 Å². The largest absolute Gasteiger partial charge is 0.476 e. The summed E-state index contributed by atoms with van der Waals surface area (Å²) >= 11 is 12.0. The zero-order valence-electron chi connectivity index (χ0n) is 16.6. The maximum Gasteiger partial charge on any atom is 0.356 e. The third-order valence-corrected chi connectivity index (χ3v) is 5.15. The Hall–Kier alpha value is -2.51. The number of hydrogen-bond donors (Lipinski definition) is 1. The summed E-state index contributed by atoms with van der Waals surface area (Å²) in [7, 11) is 3.07. The summed E-state index contributed by atoms with van der Waals surface area (Å²) in [6, 6.07) is 14.2. The highest BCUT2D eigenvalue weighted by molar-refractivity contribution is 6.30. The van der Waals surface area contributed by atoms with Gasteiger partial charge in [-0.25, -0.2) is 9.78 Å². The molecule has 2 aromatic carbocycles. The van der Waals surface area contributed by atoms with Crippen molar-refractivity contribution in [1.82, 2.24) is 9.97 Å². The van der Waals surface area contributed by atoms with E-state index in [-0.39, 0.29) is 11.4 Å². The lowest BCUT2D eigenvalue weighted by Gasteiger charge is -2.24. The molecule has 0 aliphatic rings. The number of nitrogens with zero attached hydrogens (tertiary/aromatic N) is 2. The predicted octanol–water partition coefficient (Wildman–Crippen LogP) is 5.26. The number of aryl methyl sites for hydroxylation is 1. The van der Waals surface area contributed by atoms with Crippen LogP contribution in [-0.4, -0.2) is 35.3 Å². The van der Waals surface area contributed by atoms with Gasteiger partial charge in [0.05, 0.1) is 17.1 Å². The molecule has 3 rings (SSSR count). The van der Waals surface area contributed by atoms with Crippen LogP contribution in [0.2, 0.25) is 10.0 Å². The van der Waals surface area contributed by atoms with Crippen molar-refractivity contribution in [1.29, 1.82) is 0 Å². The summed E-state index contributed by atoms with van der Waals surface area (Å²) in [6.45, 7) is 1.60. The lowest BCUT2D eigenvalue weighted by molar-refractivity contribution is 0.0685. The second-order valence-corrected chi connectivity index (χ2v) is 7.44. The first kappa shape index (κ1) is 22.2. The maximum absolute atomic E-state index is 11.7. The molecule has 6 nitrogen and oxygen atoms in total. The second-order valence-electron chi connectivity index (χ2n) is 6.57. The fourth-order valence-electron chi connectivity index (χ4n) is 3.22. The Balaban J connectivity index is 2.22. The van der Waals surface area contributed by atoms with Gasteiger partial charge in [0.25, 0.3) is 0 Å².